The number of hydrogen-bond acceptors (Lipinski definition) is 4. The summed E-state index contributed by atoms with van der Waals surface area (Å²) in [5, 5.41) is 10.8. The number of nitrogens with zero attached hydrogens (tertiary/aromatic N) is 3. The molecule has 0 N–H and O–H groups in total. The fourth-order valence-electron chi connectivity index (χ4n) is 2.98. The van der Waals surface area contributed by atoms with Crippen molar-refractivity contribution < 1.29 is 9.31 Å². The molecule has 2 aromatic rings. The number of benzene rings is 2. The molecule has 24 heavy (non-hydrogen) atoms. The Morgan fingerprint density at radius 1 is 0.917 bits per heavy atom. The Hall–Kier alpha value is -2.31. The molecule has 0 atom stereocenters. The highest BCUT2D eigenvalue weighted by Gasteiger charge is 2.17. The zero-order valence-electron chi connectivity index (χ0n) is 13.4. The van der Waals surface area contributed by atoms with Crippen molar-refractivity contribution >= 4 is 5.69 Å². The molecular formula is C18H20FN3O2. The number of rotatable bonds is 5. The van der Waals surface area contributed by atoms with Gasteiger partial charge in [-0.3, -0.25) is 19.9 Å². The van der Waals surface area contributed by atoms with Crippen LogP contribution < -0.4 is 0 Å². The summed E-state index contributed by atoms with van der Waals surface area (Å²) in [5.74, 6) is -0.208. The maximum absolute atomic E-state index is 12.9. The summed E-state index contributed by atoms with van der Waals surface area (Å²) in [6.07, 6.45) is 0. The van der Waals surface area contributed by atoms with Gasteiger partial charge in [0.2, 0.25) is 0 Å². The minimum absolute atomic E-state index is 0.141. The number of nitro benzene ring substituents is 1. The smallest absolute Gasteiger partial charge is 0.269 e. The van der Waals surface area contributed by atoms with Crippen LogP contribution in [0, 0.1) is 15.9 Å². The standard InChI is InChI=1S/C18H20FN3O2/c19-17-6-4-15(5-7-17)13-20-8-10-21(11-9-20)14-16-2-1-3-18(12-16)22(23)24/h1-7,12H,8-11,13-14H2. The van der Waals surface area contributed by atoms with Gasteiger partial charge in [0.1, 0.15) is 5.82 Å². The van der Waals surface area contributed by atoms with Gasteiger partial charge in [-0.1, -0.05) is 24.3 Å². The van der Waals surface area contributed by atoms with Crippen molar-refractivity contribution in [3.63, 3.8) is 0 Å². The van der Waals surface area contributed by atoms with Crippen molar-refractivity contribution in [3.05, 3.63) is 75.6 Å². The van der Waals surface area contributed by atoms with E-state index in [-0.39, 0.29) is 16.4 Å². The molecule has 0 aliphatic carbocycles. The van der Waals surface area contributed by atoms with Gasteiger partial charge in [-0.05, 0) is 23.3 Å². The van der Waals surface area contributed by atoms with Crippen molar-refractivity contribution in [2.75, 3.05) is 26.2 Å². The molecule has 0 spiro atoms. The van der Waals surface area contributed by atoms with Crippen molar-refractivity contribution in [3.8, 4) is 0 Å². The van der Waals surface area contributed by atoms with Crippen LogP contribution in [0.1, 0.15) is 11.1 Å². The summed E-state index contributed by atoms with van der Waals surface area (Å²) in [6.45, 7) is 5.27. The van der Waals surface area contributed by atoms with E-state index in [1.54, 1.807) is 12.1 Å². The lowest BCUT2D eigenvalue weighted by atomic mass is 10.1. The highest BCUT2D eigenvalue weighted by atomic mass is 19.1. The van der Waals surface area contributed by atoms with E-state index in [0.717, 1.165) is 50.4 Å². The van der Waals surface area contributed by atoms with E-state index < -0.39 is 0 Å². The van der Waals surface area contributed by atoms with E-state index in [1.807, 2.05) is 18.2 Å². The number of non-ortho nitro benzene ring substituents is 1. The minimum atomic E-state index is -0.357. The first-order valence-electron chi connectivity index (χ1n) is 8.02. The summed E-state index contributed by atoms with van der Waals surface area (Å²) in [7, 11) is 0. The van der Waals surface area contributed by atoms with Gasteiger partial charge in [0.25, 0.3) is 5.69 Å². The van der Waals surface area contributed by atoms with Gasteiger partial charge in [0.05, 0.1) is 4.92 Å². The molecular weight excluding hydrogens is 309 g/mol. The predicted octanol–water partition coefficient (Wildman–Crippen LogP) is 3.05. The summed E-state index contributed by atoms with van der Waals surface area (Å²) in [4.78, 5) is 15.1. The van der Waals surface area contributed by atoms with E-state index in [2.05, 4.69) is 9.80 Å². The molecule has 0 bridgehead atoms. The Balaban J connectivity index is 1.51. The number of hydrogen-bond donors (Lipinski definition) is 0. The van der Waals surface area contributed by atoms with Gasteiger partial charge in [0, 0.05) is 51.4 Å². The topological polar surface area (TPSA) is 49.6 Å². The SMILES string of the molecule is O=[N+]([O-])c1cccc(CN2CCN(Cc3ccc(F)cc3)CC2)c1. The molecule has 1 saturated heterocycles. The second kappa shape index (κ2) is 7.51. The van der Waals surface area contributed by atoms with Crippen LogP contribution in [0.4, 0.5) is 10.1 Å². The van der Waals surface area contributed by atoms with Crippen LogP contribution in [0.2, 0.25) is 0 Å². The van der Waals surface area contributed by atoms with Crippen LogP contribution in [-0.2, 0) is 13.1 Å². The molecule has 5 nitrogen and oxygen atoms in total. The third-order valence-electron chi connectivity index (χ3n) is 4.31. The van der Waals surface area contributed by atoms with Crippen molar-refractivity contribution in [1.29, 1.82) is 0 Å². The molecule has 0 radical (unpaired) electrons. The average molecular weight is 329 g/mol. The third kappa shape index (κ3) is 4.37. The van der Waals surface area contributed by atoms with Crippen LogP contribution in [0.25, 0.3) is 0 Å². The minimum Gasteiger partial charge on any atom is -0.297 e. The van der Waals surface area contributed by atoms with Gasteiger partial charge in [-0.2, -0.15) is 0 Å². The molecule has 1 aliphatic rings. The van der Waals surface area contributed by atoms with Gasteiger partial charge < -0.3 is 0 Å². The zero-order chi connectivity index (χ0) is 16.9. The second-order valence-electron chi connectivity index (χ2n) is 6.11. The maximum Gasteiger partial charge on any atom is 0.269 e. The molecule has 1 fully saturated rings. The first kappa shape index (κ1) is 16.5. The van der Waals surface area contributed by atoms with Gasteiger partial charge >= 0.3 is 0 Å². The molecule has 2 aromatic carbocycles. The molecule has 1 heterocycles. The van der Waals surface area contributed by atoms with Crippen molar-refractivity contribution in [2.24, 2.45) is 0 Å². The lowest BCUT2D eigenvalue weighted by molar-refractivity contribution is -0.384. The lowest BCUT2D eigenvalue weighted by Gasteiger charge is -2.34. The summed E-state index contributed by atoms with van der Waals surface area (Å²) in [6, 6.07) is 13.5. The Labute approximate surface area is 140 Å². The predicted molar refractivity (Wildman–Crippen MR) is 90.1 cm³/mol. The van der Waals surface area contributed by atoms with Crippen LogP contribution in [0.5, 0.6) is 0 Å². The monoisotopic (exact) mass is 329 g/mol. The molecule has 0 amide bonds. The van der Waals surface area contributed by atoms with Gasteiger partial charge in [0.15, 0.2) is 0 Å². The number of nitro groups is 1. The summed E-state index contributed by atoms with van der Waals surface area (Å²) >= 11 is 0. The Bertz CT molecular complexity index is 698. The Morgan fingerprint density at radius 3 is 2.08 bits per heavy atom. The molecule has 126 valence electrons. The second-order valence-corrected chi connectivity index (χ2v) is 6.11. The van der Waals surface area contributed by atoms with Crippen LogP contribution in [-0.4, -0.2) is 40.9 Å². The fraction of sp³-hybridized carbons (Fsp3) is 0.333. The lowest BCUT2D eigenvalue weighted by Crippen LogP contribution is -2.45. The van der Waals surface area contributed by atoms with Gasteiger partial charge in [-0.15, -0.1) is 0 Å². The van der Waals surface area contributed by atoms with E-state index >= 15 is 0 Å². The van der Waals surface area contributed by atoms with Crippen LogP contribution >= 0.6 is 0 Å². The summed E-state index contributed by atoms with van der Waals surface area (Å²) in [5.41, 5.74) is 2.22. The number of halogens is 1. The van der Waals surface area contributed by atoms with E-state index in [4.69, 9.17) is 0 Å². The van der Waals surface area contributed by atoms with Crippen molar-refractivity contribution in [1.82, 2.24) is 9.80 Å². The number of piperazine rings is 1. The zero-order valence-corrected chi connectivity index (χ0v) is 13.4. The van der Waals surface area contributed by atoms with Gasteiger partial charge in [-0.25, -0.2) is 4.39 Å². The first-order chi connectivity index (χ1) is 11.6. The Morgan fingerprint density at radius 2 is 1.50 bits per heavy atom. The van der Waals surface area contributed by atoms with Crippen molar-refractivity contribution in [2.45, 2.75) is 13.1 Å². The molecule has 1 aliphatic heterocycles. The molecule has 0 saturated carbocycles. The largest absolute Gasteiger partial charge is 0.297 e. The fourth-order valence-corrected chi connectivity index (χ4v) is 2.98. The molecule has 0 unspecified atom stereocenters. The highest BCUT2D eigenvalue weighted by molar-refractivity contribution is 5.34. The maximum atomic E-state index is 12.9. The highest BCUT2D eigenvalue weighted by Crippen LogP contribution is 2.16. The third-order valence-corrected chi connectivity index (χ3v) is 4.31. The van der Waals surface area contributed by atoms with E-state index in [9.17, 15) is 14.5 Å². The van der Waals surface area contributed by atoms with Crippen LogP contribution in [0.15, 0.2) is 48.5 Å². The van der Waals surface area contributed by atoms with E-state index in [1.165, 1.54) is 18.2 Å². The molecule has 6 heteroatoms. The first-order valence-corrected chi connectivity index (χ1v) is 8.02. The Kier molecular flexibility index (Phi) is 5.17. The quantitative estimate of drug-likeness (QED) is 0.625. The normalized spacial score (nSPS) is 16.2. The van der Waals surface area contributed by atoms with Crippen LogP contribution in [0.3, 0.4) is 0 Å². The molecule has 0 aromatic heterocycles. The van der Waals surface area contributed by atoms with E-state index in [0.29, 0.717) is 0 Å². The average Bonchev–Trinajstić information content (AvgIpc) is 2.59. The molecule has 3 rings (SSSR count). The summed E-state index contributed by atoms with van der Waals surface area (Å²) < 4.78 is 12.9.